The zero-order chi connectivity index (χ0) is 20.3. The molecule has 0 spiro atoms. The number of carbonyl (C=O) groups is 2. The first-order chi connectivity index (χ1) is 13.2. The zero-order valence-corrected chi connectivity index (χ0v) is 17.6. The third-order valence-electron chi connectivity index (χ3n) is 5.42. The third-order valence-corrected chi connectivity index (χ3v) is 5.66. The van der Waals surface area contributed by atoms with Gasteiger partial charge in [0.15, 0.2) is 0 Å². The fourth-order valence-electron chi connectivity index (χ4n) is 4.19. The van der Waals surface area contributed by atoms with Crippen molar-refractivity contribution in [3.05, 3.63) is 34.9 Å². The Morgan fingerprint density at radius 2 is 2.00 bits per heavy atom. The van der Waals surface area contributed by atoms with Gasteiger partial charge in [-0.2, -0.15) is 0 Å². The number of alkyl carbamates (subject to hydrolysis) is 1. The number of rotatable bonds is 4. The van der Waals surface area contributed by atoms with Gasteiger partial charge in [0.05, 0.1) is 6.04 Å². The Labute approximate surface area is 171 Å². The van der Waals surface area contributed by atoms with E-state index in [-0.39, 0.29) is 24.0 Å². The summed E-state index contributed by atoms with van der Waals surface area (Å²) in [7, 11) is 0. The normalized spacial score (nSPS) is 23.9. The number of hydrogen-bond donors (Lipinski definition) is 2. The van der Waals surface area contributed by atoms with Gasteiger partial charge in [0.1, 0.15) is 5.60 Å². The van der Waals surface area contributed by atoms with E-state index < -0.39 is 11.7 Å². The lowest BCUT2D eigenvalue weighted by Crippen LogP contribution is -2.43. The smallest absolute Gasteiger partial charge is 0.408 e. The van der Waals surface area contributed by atoms with Crippen LogP contribution in [0, 0.1) is 5.92 Å². The number of nitrogens with one attached hydrogen (secondary N) is 2. The second-order valence-corrected chi connectivity index (χ2v) is 9.11. The largest absolute Gasteiger partial charge is 0.444 e. The van der Waals surface area contributed by atoms with E-state index in [4.69, 9.17) is 16.3 Å². The number of amides is 3. The fourth-order valence-corrected chi connectivity index (χ4v) is 4.39. The predicted molar refractivity (Wildman–Crippen MR) is 109 cm³/mol. The quantitative estimate of drug-likeness (QED) is 0.772. The summed E-state index contributed by atoms with van der Waals surface area (Å²) in [5.41, 5.74) is 0.435. The van der Waals surface area contributed by atoms with E-state index in [2.05, 4.69) is 10.6 Å². The van der Waals surface area contributed by atoms with Crippen molar-refractivity contribution in [2.24, 2.45) is 5.92 Å². The molecule has 1 saturated heterocycles. The van der Waals surface area contributed by atoms with Crippen LogP contribution in [0.1, 0.15) is 58.1 Å². The summed E-state index contributed by atoms with van der Waals surface area (Å²) >= 11 is 6.20. The molecule has 154 valence electrons. The Morgan fingerprint density at radius 3 is 2.57 bits per heavy atom. The molecule has 6 nitrogen and oxygen atoms in total. The van der Waals surface area contributed by atoms with E-state index in [9.17, 15) is 9.59 Å². The lowest BCUT2D eigenvalue weighted by molar-refractivity contribution is 0.0469. The summed E-state index contributed by atoms with van der Waals surface area (Å²) in [6.45, 7) is 7.07. The Kier molecular flexibility index (Phi) is 6.38. The molecule has 0 radical (unpaired) electrons. The zero-order valence-electron chi connectivity index (χ0n) is 16.8. The van der Waals surface area contributed by atoms with Crippen molar-refractivity contribution < 1.29 is 14.3 Å². The molecule has 1 aromatic rings. The summed E-state index contributed by atoms with van der Waals surface area (Å²) in [4.78, 5) is 26.4. The second-order valence-electron chi connectivity index (χ2n) is 8.67. The number of benzene rings is 1. The van der Waals surface area contributed by atoms with Gasteiger partial charge in [0.25, 0.3) is 0 Å². The highest BCUT2D eigenvalue weighted by Gasteiger charge is 2.35. The standard InChI is InChI=1S/C21H30ClN3O3/c1-21(2,3)28-20(27)24-18(15-5-4-6-16(22)13-15)14-7-9-17(10-8-14)25-12-11-23-19(25)26/h4-6,13-14,17-18H,7-12H2,1-3H3,(H,23,26)(H,24,27). The maximum absolute atomic E-state index is 12.5. The fraction of sp³-hybridized carbons (Fsp3) is 0.619. The van der Waals surface area contributed by atoms with E-state index in [1.165, 1.54) is 0 Å². The molecular formula is C21H30ClN3O3. The number of carbonyl (C=O) groups excluding carboxylic acids is 2. The average Bonchev–Trinajstić information content (AvgIpc) is 3.04. The molecule has 1 saturated carbocycles. The number of urea groups is 1. The maximum atomic E-state index is 12.5. The first-order valence-corrected chi connectivity index (χ1v) is 10.4. The van der Waals surface area contributed by atoms with Crippen LogP contribution in [0.25, 0.3) is 0 Å². The molecule has 0 aromatic heterocycles. The van der Waals surface area contributed by atoms with Crippen LogP contribution in [0.5, 0.6) is 0 Å². The monoisotopic (exact) mass is 407 g/mol. The van der Waals surface area contributed by atoms with Gasteiger partial charge in [0.2, 0.25) is 0 Å². The highest BCUT2D eigenvalue weighted by atomic mass is 35.5. The van der Waals surface area contributed by atoms with Gasteiger partial charge < -0.3 is 20.3 Å². The van der Waals surface area contributed by atoms with Crippen LogP contribution in [-0.4, -0.2) is 41.8 Å². The van der Waals surface area contributed by atoms with E-state index in [1.807, 2.05) is 49.9 Å². The summed E-state index contributed by atoms with van der Waals surface area (Å²) in [6, 6.07) is 7.79. The van der Waals surface area contributed by atoms with Gasteiger partial charge in [-0.15, -0.1) is 0 Å². The molecule has 1 aromatic carbocycles. The summed E-state index contributed by atoms with van der Waals surface area (Å²) in [5, 5.41) is 6.60. The van der Waals surface area contributed by atoms with Crippen molar-refractivity contribution in [2.75, 3.05) is 13.1 Å². The third kappa shape index (κ3) is 5.31. The van der Waals surface area contributed by atoms with Gasteiger partial charge in [-0.1, -0.05) is 23.7 Å². The minimum absolute atomic E-state index is 0.0433. The van der Waals surface area contributed by atoms with Crippen molar-refractivity contribution >= 4 is 23.7 Å². The molecule has 3 amide bonds. The van der Waals surface area contributed by atoms with E-state index >= 15 is 0 Å². The Hall–Kier alpha value is -1.95. The van der Waals surface area contributed by atoms with Gasteiger partial charge in [-0.3, -0.25) is 0 Å². The van der Waals surface area contributed by atoms with Crippen molar-refractivity contribution in [1.29, 1.82) is 0 Å². The molecule has 1 aliphatic carbocycles. The van der Waals surface area contributed by atoms with Crippen LogP contribution in [0.2, 0.25) is 5.02 Å². The van der Waals surface area contributed by atoms with Crippen LogP contribution in [-0.2, 0) is 4.74 Å². The van der Waals surface area contributed by atoms with Gasteiger partial charge >= 0.3 is 12.1 Å². The predicted octanol–water partition coefficient (Wildman–Crippen LogP) is 4.49. The van der Waals surface area contributed by atoms with Gasteiger partial charge in [0, 0.05) is 24.2 Å². The molecule has 2 fully saturated rings. The Morgan fingerprint density at radius 1 is 1.29 bits per heavy atom. The van der Waals surface area contributed by atoms with E-state index in [0.717, 1.165) is 44.3 Å². The number of halogens is 1. The Balaban J connectivity index is 1.70. The SMILES string of the molecule is CC(C)(C)OC(=O)NC(c1cccc(Cl)c1)C1CCC(N2CCNC2=O)CC1. The second kappa shape index (κ2) is 8.60. The van der Waals surface area contributed by atoms with Crippen molar-refractivity contribution in [3.8, 4) is 0 Å². The molecular weight excluding hydrogens is 378 g/mol. The molecule has 2 N–H and O–H groups in total. The minimum Gasteiger partial charge on any atom is -0.444 e. The highest BCUT2D eigenvalue weighted by Crippen LogP contribution is 2.37. The van der Waals surface area contributed by atoms with E-state index in [0.29, 0.717) is 5.02 Å². The lowest BCUT2D eigenvalue weighted by Gasteiger charge is -2.37. The average molecular weight is 408 g/mol. The maximum Gasteiger partial charge on any atom is 0.408 e. The van der Waals surface area contributed by atoms with Crippen LogP contribution >= 0.6 is 11.6 Å². The van der Waals surface area contributed by atoms with Crippen LogP contribution < -0.4 is 10.6 Å². The molecule has 0 bridgehead atoms. The van der Waals surface area contributed by atoms with Crippen LogP contribution in [0.15, 0.2) is 24.3 Å². The first-order valence-electron chi connectivity index (χ1n) is 10.0. The highest BCUT2D eigenvalue weighted by molar-refractivity contribution is 6.30. The topological polar surface area (TPSA) is 70.7 Å². The lowest BCUT2D eigenvalue weighted by atomic mass is 9.79. The number of hydrogen-bond acceptors (Lipinski definition) is 3. The van der Waals surface area contributed by atoms with Crippen molar-refractivity contribution in [2.45, 2.75) is 64.1 Å². The van der Waals surface area contributed by atoms with Gasteiger partial charge in [-0.05, 0) is 70.1 Å². The van der Waals surface area contributed by atoms with Crippen LogP contribution in [0.4, 0.5) is 9.59 Å². The molecule has 28 heavy (non-hydrogen) atoms. The van der Waals surface area contributed by atoms with Gasteiger partial charge in [-0.25, -0.2) is 9.59 Å². The molecule has 1 aliphatic heterocycles. The molecule has 1 heterocycles. The first kappa shape index (κ1) is 20.8. The van der Waals surface area contributed by atoms with Crippen LogP contribution in [0.3, 0.4) is 0 Å². The summed E-state index contributed by atoms with van der Waals surface area (Å²) in [6.07, 6.45) is 3.32. The molecule has 7 heteroatoms. The summed E-state index contributed by atoms with van der Waals surface area (Å²) < 4.78 is 5.48. The molecule has 3 rings (SSSR count). The summed E-state index contributed by atoms with van der Waals surface area (Å²) in [5.74, 6) is 0.271. The van der Waals surface area contributed by atoms with Crippen molar-refractivity contribution in [3.63, 3.8) is 0 Å². The molecule has 1 atom stereocenters. The van der Waals surface area contributed by atoms with Crippen molar-refractivity contribution in [1.82, 2.24) is 15.5 Å². The molecule has 1 unspecified atom stereocenters. The molecule has 2 aliphatic rings. The van der Waals surface area contributed by atoms with E-state index in [1.54, 1.807) is 0 Å². The minimum atomic E-state index is -0.552. The number of nitrogens with zero attached hydrogens (tertiary/aromatic N) is 1. The Bertz CT molecular complexity index is 711. The number of ether oxygens (including phenoxy) is 1.